The van der Waals surface area contributed by atoms with Gasteiger partial charge in [0.25, 0.3) is 0 Å². The maximum Gasteiger partial charge on any atom is 0.165 e. The number of benzene rings is 10. The van der Waals surface area contributed by atoms with Gasteiger partial charge >= 0.3 is 0 Å². The standard InChI is InChI=1S/C57H33N3S2/c1-4-16-40-34(12-1)15-9-20-41(40)36-26-28-37(29-27-36)55-58-56(49-24-11-22-46-45-19-7-8-25-51(45)61-54(46)49)60-57(59-55)50-33-39(32-38-14-3-5-17-42(38)50)44-21-10-23-47-48-31-30-35-13-2-6-18-43(35)52(48)62-53(44)47/h1-33H. The van der Waals surface area contributed by atoms with Gasteiger partial charge < -0.3 is 0 Å². The molecule has 0 radical (unpaired) electrons. The average Bonchev–Trinajstić information content (AvgIpc) is 3.93. The number of nitrogens with zero attached hydrogens (tertiary/aromatic N) is 3. The molecule has 0 atom stereocenters. The summed E-state index contributed by atoms with van der Waals surface area (Å²) in [5, 5.41) is 12.3. The van der Waals surface area contributed by atoms with Crippen LogP contribution in [0.3, 0.4) is 0 Å². The zero-order chi connectivity index (χ0) is 40.7. The molecule has 0 aliphatic rings. The van der Waals surface area contributed by atoms with E-state index in [0.29, 0.717) is 17.5 Å². The van der Waals surface area contributed by atoms with Gasteiger partial charge in [-0.25, -0.2) is 15.0 Å². The summed E-state index contributed by atoms with van der Waals surface area (Å²) >= 11 is 3.67. The van der Waals surface area contributed by atoms with Crippen LogP contribution in [-0.4, -0.2) is 15.0 Å². The van der Waals surface area contributed by atoms with Gasteiger partial charge in [-0.05, 0) is 78.8 Å². The Morgan fingerprint density at radius 2 is 0.774 bits per heavy atom. The lowest BCUT2D eigenvalue weighted by atomic mass is 9.95. The molecule has 62 heavy (non-hydrogen) atoms. The van der Waals surface area contributed by atoms with Crippen LogP contribution in [0.2, 0.25) is 0 Å². The predicted molar refractivity (Wildman–Crippen MR) is 265 cm³/mol. The van der Waals surface area contributed by atoms with Crippen LogP contribution in [0.25, 0.3) is 129 Å². The minimum Gasteiger partial charge on any atom is -0.208 e. The summed E-state index contributed by atoms with van der Waals surface area (Å²) in [6, 6.07) is 72.1. The minimum atomic E-state index is 0.639. The smallest absolute Gasteiger partial charge is 0.165 e. The van der Waals surface area contributed by atoms with E-state index in [2.05, 4.69) is 200 Å². The molecule has 3 heterocycles. The van der Waals surface area contributed by atoms with Gasteiger partial charge in [0.05, 0.1) is 0 Å². The molecule has 0 fully saturated rings. The summed E-state index contributed by atoms with van der Waals surface area (Å²) in [5.41, 5.74) is 7.60. The van der Waals surface area contributed by atoms with E-state index >= 15 is 0 Å². The van der Waals surface area contributed by atoms with Gasteiger partial charge in [0.1, 0.15) is 0 Å². The summed E-state index contributed by atoms with van der Waals surface area (Å²) in [7, 11) is 0. The van der Waals surface area contributed by atoms with Crippen molar-refractivity contribution in [3.8, 4) is 56.4 Å². The molecule has 3 aromatic heterocycles. The zero-order valence-electron chi connectivity index (χ0n) is 33.2. The first-order chi connectivity index (χ1) is 30.7. The molecule has 0 amide bonds. The van der Waals surface area contributed by atoms with E-state index in [0.717, 1.165) is 38.6 Å². The third kappa shape index (κ3) is 5.60. The summed E-state index contributed by atoms with van der Waals surface area (Å²) < 4.78 is 5.02. The first-order valence-electron chi connectivity index (χ1n) is 20.8. The zero-order valence-corrected chi connectivity index (χ0v) is 34.8. The molecule has 0 aliphatic carbocycles. The Balaban J connectivity index is 1.03. The molecule has 0 N–H and O–H groups in total. The van der Waals surface area contributed by atoms with Crippen LogP contribution >= 0.6 is 22.7 Å². The highest BCUT2D eigenvalue weighted by molar-refractivity contribution is 7.27. The number of hydrogen-bond donors (Lipinski definition) is 0. The molecule has 5 heteroatoms. The van der Waals surface area contributed by atoms with Crippen molar-refractivity contribution in [3.05, 3.63) is 200 Å². The molecular weight excluding hydrogens is 791 g/mol. The normalized spacial score (nSPS) is 11.9. The third-order valence-electron chi connectivity index (χ3n) is 12.3. The van der Waals surface area contributed by atoms with Gasteiger partial charge in [0.15, 0.2) is 17.5 Å². The molecule has 13 rings (SSSR count). The molecule has 3 nitrogen and oxygen atoms in total. The van der Waals surface area contributed by atoms with Gasteiger partial charge in [-0.3, -0.25) is 0 Å². The van der Waals surface area contributed by atoms with Crippen LogP contribution in [0, 0.1) is 0 Å². The maximum atomic E-state index is 5.42. The van der Waals surface area contributed by atoms with Crippen molar-refractivity contribution in [2.75, 3.05) is 0 Å². The monoisotopic (exact) mass is 823 g/mol. The van der Waals surface area contributed by atoms with Gasteiger partial charge in [-0.1, -0.05) is 176 Å². The highest BCUT2D eigenvalue weighted by Crippen LogP contribution is 2.45. The maximum absolute atomic E-state index is 5.42. The molecule has 0 bridgehead atoms. The highest BCUT2D eigenvalue weighted by Gasteiger charge is 2.20. The van der Waals surface area contributed by atoms with Crippen molar-refractivity contribution >= 4 is 95.3 Å². The second-order valence-electron chi connectivity index (χ2n) is 15.9. The van der Waals surface area contributed by atoms with Gasteiger partial charge in [0.2, 0.25) is 0 Å². The van der Waals surface area contributed by atoms with E-state index < -0.39 is 0 Å². The van der Waals surface area contributed by atoms with Crippen molar-refractivity contribution < 1.29 is 0 Å². The fourth-order valence-corrected chi connectivity index (χ4v) is 11.9. The highest BCUT2D eigenvalue weighted by atomic mass is 32.1. The first kappa shape index (κ1) is 35.2. The Morgan fingerprint density at radius 1 is 0.258 bits per heavy atom. The van der Waals surface area contributed by atoms with Crippen molar-refractivity contribution in [1.82, 2.24) is 15.0 Å². The first-order valence-corrected chi connectivity index (χ1v) is 22.5. The molecule has 13 aromatic rings. The van der Waals surface area contributed by atoms with E-state index in [-0.39, 0.29) is 0 Å². The number of aromatic nitrogens is 3. The summed E-state index contributed by atoms with van der Waals surface area (Å²) in [5.74, 6) is 1.95. The van der Waals surface area contributed by atoms with Crippen LogP contribution in [0.4, 0.5) is 0 Å². The summed E-state index contributed by atoms with van der Waals surface area (Å²) in [4.78, 5) is 16.1. The van der Waals surface area contributed by atoms with E-state index in [1.54, 1.807) is 11.3 Å². The Labute approximate surface area is 364 Å². The Hall–Kier alpha value is -7.57. The van der Waals surface area contributed by atoms with Crippen LogP contribution < -0.4 is 0 Å². The Kier molecular flexibility index (Phi) is 7.95. The van der Waals surface area contributed by atoms with Gasteiger partial charge in [0, 0.05) is 57.0 Å². The Bertz CT molecular complexity index is 3930. The molecule has 0 saturated heterocycles. The molecular formula is C57H33N3S2. The average molecular weight is 824 g/mol. The minimum absolute atomic E-state index is 0.639. The fourth-order valence-electron chi connectivity index (χ4n) is 9.35. The van der Waals surface area contributed by atoms with Crippen LogP contribution in [-0.2, 0) is 0 Å². The fraction of sp³-hybridized carbons (Fsp3) is 0. The van der Waals surface area contributed by atoms with E-state index in [1.807, 2.05) is 11.3 Å². The van der Waals surface area contributed by atoms with Crippen molar-refractivity contribution in [3.63, 3.8) is 0 Å². The molecule has 10 aromatic carbocycles. The van der Waals surface area contributed by atoms with E-state index in [9.17, 15) is 0 Å². The van der Waals surface area contributed by atoms with Crippen LogP contribution in [0.15, 0.2) is 200 Å². The lowest BCUT2D eigenvalue weighted by Crippen LogP contribution is -2.01. The van der Waals surface area contributed by atoms with Crippen molar-refractivity contribution in [2.24, 2.45) is 0 Å². The molecule has 0 spiro atoms. The SMILES string of the molecule is c1ccc2c(-c3ccc(-c4nc(-c5cc(-c6cccc7c6sc6c8ccccc8ccc76)cc6ccccc56)nc(-c5cccc6c5sc5ccccc56)n4)cc3)cccc2c1. The molecule has 0 unspecified atom stereocenters. The second kappa shape index (κ2) is 14.0. The lowest BCUT2D eigenvalue weighted by molar-refractivity contribution is 1.08. The van der Waals surface area contributed by atoms with Crippen molar-refractivity contribution in [1.29, 1.82) is 0 Å². The van der Waals surface area contributed by atoms with E-state index in [4.69, 9.17) is 15.0 Å². The molecule has 288 valence electrons. The number of hydrogen-bond acceptors (Lipinski definition) is 5. The van der Waals surface area contributed by atoms with Gasteiger partial charge in [-0.2, -0.15) is 0 Å². The summed E-state index contributed by atoms with van der Waals surface area (Å²) in [6.45, 7) is 0. The lowest BCUT2D eigenvalue weighted by Gasteiger charge is -2.14. The van der Waals surface area contributed by atoms with E-state index in [1.165, 1.54) is 73.0 Å². The largest absolute Gasteiger partial charge is 0.208 e. The number of rotatable bonds is 5. The van der Waals surface area contributed by atoms with Crippen molar-refractivity contribution in [2.45, 2.75) is 0 Å². The topological polar surface area (TPSA) is 38.7 Å². The summed E-state index contributed by atoms with van der Waals surface area (Å²) in [6.07, 6.45) is 0. The number of thiophene rings is 2. The second-order valence-corrected chi connectivity index (χ2v) is 18.0. The molecule has 0 saturated carbocycles. The number of fused-ring (bicyclic) bond motifs is 10. The quantitative estimate of drug-likeness (QED) is 0.174. The molecule has 0 aliphatic heterocycles. The third-order valence-corrected chi connectivity index (χ3v) is 14.8. The Morgan fingerprint density at radius 3 is 1.58 bits per heavy atom. The van der Waals surface area contributed by atoms with Crippen LogP contribution in [0.5, 0.6) is 0 Å². The van der Waals surface area contributed by atoms with Gasteiger partial charge in [-0.15, -0.1) is 22.7 Å². The van der Waals surface area contributed by atoms with Crippen LogP contribution in [0.1, 0.15) is 0 Å². The predicted octanol–water partition coefficient (Wildman–Crippen LogP) is 16.4.